The van der Waals surface area contributed by atoms with Crippen LogP contribution in [0.5, 0.6) is 17.2 Å². The molecule has 0 N–H and O–H groups in total. The fraction of sp³-hybridized carbons (Fsp3) is 0.273. The predicted molar refractivity (Wildman–Crippen MR) is 68.8 cm³/mol. The number of hydrogen-bond acceptors (Lipinski definition) is 6. The van der Waals surface area contributed by atoms with E-state index in [0.29, 0.717) is 27.3 Å². The lowest BCUT2D eigenvalue weighted by molar-refractivity contribution is 0.296. The summed E-state index contributed by atoms with van der Waals surface area (Å²) < 4.78 is 20.1. The smallest absolute Gasteiger partial charge is 0.141 e. The van der Waals surface area contributed by atoms with Gasteiger partial charge in [0.25, 0.3) is 0 Å². The second-order valence-electron chi connectivity index (χ2n) is 3.33. The summed E-state index contributed by atoms with van der Waals surface area (Å²) in [5.41, 5.74) is 0.614. The Hall–Kier alpha value is -1.53. The minimum Gasteiger partial charge on any atom is -0.496 e. The van der Waals surface area contributed by atoms with Crippen LogP contribution in [-0.2, 0) is 6.61 Å². The number of nitrogens with zero attached hydrogens (tertiary/aromatic N) is 2. The summed E-state index contributed by atoms with van der Waals surface area (Å²) in [6.07, 6.45) is 0. The van der Waals surface area contributed by atoms with Crippen LogP contribution in [0.25, 0.3) is 0 Å². The first-order chi connectivity index (χ1) is 8.72. The Morgan fingerprint density at radius 2 is 1.72 bits per heavy atom. The van der Waals surface area contributed by atoms with Crippen LogP contribution in [-0.4, -0.2) is 23.8 Å². The van der Waals surface area contributed by atoms with Crippen molar-refractivity contribution in [3.63, 3.8) is 0 Å². The van der Waals surface area contributed by atoms with Gasteiger partial charge in [-0.25, -0.2) is 0 Å². The minimum atomic E-state index is 0.256. The van der Waals surface area contributed by atoms with Gasteiger partial charge in [0.15, 0.2) is 0 Å². The van der Waals surface area contributed by atoms with Crippen molar-refractivity contribution in [3.05, 3.63) is 28.2 Å². The van der Waals surface area contributed by atoms with Crippen molar-refractivity contribution in [2.75, 3.05) is 14.2 Å². The van der Waals surface area contributed by atoms with Crippen LogP contribution in [0.15, 0.2) is 18.2 Å². The van der Waals surface area contributed by atoms with Gasteiger partial charge in [0, 0.05) is 29.7 Å². The molecule has 0 radical (unpaired) electrons. The average molecular weight is 287 g/mol. The summed E-state index contributed by atoms with van der Waals surface area (Å²) in [7, 11) is 3.17. The number of hydrogen-bond donors (Lipinski definition) is 0. The van der Waals surface area contributed by atoms with Crippen molar-refractivity contribution < 1.29 is 14.2 Å². The van der Waals surface area contributed by atoms with Gasteiger partial charge in [-0.05, 0) is 0 Å². The predicted octanol–water partition coefficient (Wildman–Crippen LogP) is 2.79. The summed E-state index contributed by atoms with van der Waals surface area (Å²) in [5.74, 6) is 1.94. The normalized spacial score (nSPS) is 10.2. The molecule has 18 heavy (non-hydrogen) atoms. The molecule has 0 atom stereocenters. The van der Waals surface area contributed by atoms with Crippen LogP contribution in [0.2, 0.25) is 4.34 Å². The zero-order valence-electron chi connectivity index (χ0n) is 9.84. The van der Waals surface area contributed by atoms with Gasteiger partial charge < -0.3 is 14.2 Å². The quantitative estimate of drug-likeness (QED) is 0.846. The van der Waals surface area contributed by atoms with Crippen LogP contribution in [0.1, 0.15) is 5.69 Å². The fourth-order valence-corrected chi connectivity index (χ4v) is 1.90. The van der Waals surface area contributed by atoms with Crippen molar-refractivity contribution in [3.8, 4) is 17.2 Å². The van der Waals surface area contributed by atoms with Crippen LogP contribution in [0, 0.1) is 0 Å². The Morgan fingerprint density at radius 3 is 2.22 bits per heavy atom. The largest absolute Gasteiger partial charge is 0.496 e. The zero-order valence-corrected chi connectivity index (χ0v) is 11.4. The van der Waals surface area contributed by atoms with Crippen LogP contribution in [0.3, 0.4) is 0 Å². The lowest BCUT2D eigenvalue weighted by atomic mass is 10.3. The molecule has 0 aliphatic rings. The molecule has 0 aliphatic carbocycles. The van der Waals surface area contributed by atoms with Gasteiger partial charge in [-0.15, -0.1) is 5.10 Å². The summed E-state index contributed by atoms with van der Waals surface area (Å²) in [4.78, 5) is 0. The van der Waals surface area contributed by atoms with Crippen LogP contribution in [0.4, 0.5) is 0 Å². The van der Waals surface area contributed by atoms with Gasteiger partial charge >= 0.3 is 0 Å². The lowest BCUT2D eigenvalue weighted by Crippen LogP contribution is -1.97. The van der Waals surface area contributed by atoms with E-state index in [1.807, 2.05) is 0 Å². The Kier molecular flexibility index (Phi) is 4.22. The molecular formula is C11H11ClN2O3S. The van der Waals surface area contributed by atoms with Crippen LogP contribution < -0.4 is 14.2 Å². The molecule has 0 unspecified atom stereocenters. The third kappa shape index (κ3) is 3.02. The average Bonchev–Trinajstić information content (AvgIpc) is 2.81. The monoisotopic (exact) mass is 286 g/mol. The van der Waals surface area contributed by atoms with Crippen molar-refractivity contribution in [2.24, 2.45) is 0 Å². The minimum absolute atomic E-state index is 0.256. The summed E-state index contributed by atoms with van der Waals surface area (Å²) in [6, 6.07) is 5.29. The molecule has 7 heteroatoms. The van der Waals surface area contributed by atoms with E-state index in [-0.39, 0.29) is 6.61 Å². The van der Waals surface area contributed by atoms with E-state index < -0.39 is 0 Å². The molecule has 0 spiro atoms. The topological polar surface area (TPSA) is 53.5 Å². The highest BCUT2D eigenvalue weighted by Gasteiger charge is 2.08. The SMILES string of the molecule is COc1cc(OC)cc(OCc2nnsc2Cl)c1. The number of ether oxygens (including phenoxy) is 3. The molecule has 0 aliphatic heterocycles. The summed E-state index contributed by atoms with van der Waals surface area (Å²) in [5, 5.41) is 3.87. The molecule has 2 rings (SSSR count). The fourth-order valence-electron chi connectivity index (χ4n) is 1.30. The highest BCUT2D eigenvalue weighted by Crippen LogP contribution is 2.28. The Labute approximate surface area is 113 Å². The van der Waals surface area contributed by atoms with Gasteiger partial charge in [0.1, 0.15) is 33.9 Å². The van der Waals surface area contributed by atoms with E-state index in [1.165, 1.54) is 0 Å². The van der Waals surface area contributed by atoms with Gasteiger partial charge in [0.2, 0.25) is 0 Å². The maximum absolute atomic E-state index is 5.89. The number of benzene rings is 1. The third-order valence-corrected chi connectivity index (χ3v) is 3.19. The first kappa shape index (κ1) is 12.9. The van der Waals surface area contributed by atoms with E-state index in [9.17, 15) is 0 Å². The van der Waals surface area contributed by atoms with E-state index in [4.69, 9.17) is 25.8 Å². The Balaban J connectivity index is 2.11. The third-order valence-electron chi connectivity index (χ3n) is 2.21. The molecule has 96 valence electrons. The molecule has 1 aromatic heterocycles. The highest BCUT2D eigenvalue weighted by atomic mass is 35.5. The standard InChI is InChI=1S/C11H11ClN2O3S/c1-15-7-3-8(16-2)5-9(4-7)17-6-10-11(12)18-14-13-10/h3-5H,6H2,1-2H3. The molecule has 0 fully saturated rings. The first-order valence-electron chi connectivity index (χ1n) is 5.05. The van der Waals surface area contributed by atoms with Gasteiger partial charge in [-0.3, -0.25) is 0 Å². The van der Waals surface area contributed by atoms with E-state index in [2.05, 4.69) is 9.59 Å². The number of halogens is 1. The molecule has 1 aromatic carbocycles. The zero-order chi connectivity index (χ0) is 13.0. The van der Waals surface area contributed by atoms with Crippen LogP contribution >= 0.6 is 23.1 Å². The molecule has 0 saturated heterocycles. The Bertz CT molecular complexity index is 511. The second-order valence-corrected chi connectivity index (χ2v) is 4.69. The maximum Gasteiger partial charge on any atom is 0.141 e. The van der Waals surface area contributed by atoms with Crippen molar-refractivity contribution in [1.29, 1.82) is 0 Å². The molecule has 0 amide bonds. The molecule has 1 heterocycles. The van der Waals surface area contributed by atoms with Gasteiger partial charge in [-0.1, -0.05) is 16.1 Å². The molecular weight excluding hydrogens is 276 g/mol. The van der Waals surface area contributed by atoms with Crippen molar-refractivity contribution >= 4 is 23.1 Å². The van der Waals surface area contributed by atoms with Crippen molar-refractivity contribution in [2.45, 2.75) is 6.61 Å². The van der Waals surface area contributed by atoms with E-state index in [1.54, 1.807) is 32.4 Å². The molecule has 0 bridgehead atoms. The lowest BCUT2D eigenvalue weighted by Gasteiger charge is -2.09. The molecule has 5 nitrogen and oxygen atoms in total. The van der Waals surface area contributed by atoms with E-state index >= 15 is 0 Å². The maximum atomic E-state index is 5.89. The molecule has 2 aromatic rings. The van der Waals surface area contributed by atoms with Gasteiger partial charge in [-0.2, -0.15) is 0 Å². The molecule has 0 saturated carbocycles. The highest BCUT2D eigenvalue weighted by molar-refractivity contribution is 7.10. The number of aromatic nitrogens is 2. The Morgan fingerprint density at radius 1 is 1.11 bits per heavy atom. The summed E-state index contributed by atoms with van der Waals surface area (Å²) in [6.45, 7) is 0.256. The first-order valence-corrected chi connectivity index (χ1v) is 6.20. The second kappa shape index (κ2) is 5.88. The van der Waals surface area contributed by atoms with Crippen molar-refractivity contribution in [1.82, 2.24) is 9.59 Å². The summed E-state index contributed by atoms with van der Waals surface area (Å²) >= 11 is 7.02. The van der Waals surface area contributed by atoms with Gasteiger partial charge in [0.05, 0.1) is 14.2 Å². The number of rotatable bonds is 5. The van der Waals surface area contributed by atoms with E-state index in [0.717, 1.165) is 11.5 Å². The number of methoxy groups -OCH3 is 2.